The van der Waals surface area contributed by atoms with Crippen molar-refractivity contribution in [3.63, 3.8) is 0 Å². The minimum atomic E-state index is -0.0487. The van der Waals surface area contributed by atoms with Crippen LogP contribution in [-0.2, 0) is 11.3 Å². The second-order valence-corrected chi connectivity index (χ2v) is 7.35. The minimum Gasteiger partial charge on any atom is -0.497 e. The van der Waals surface area contributed by atoms with Gasteiger partial charge in [-0.15, -0.1) is 0 Å². The van der Waals surface area contributed by atoms with Gasteiger partial charge in [0.1, 0.15) is 22.6 Å². The molecule has 0 aliphatic heterocycles. The number of aromatic amines is 1. The number of hydrogen-bond donors (Lipinski definition) is 2. The van der Waals surface area contributed by atoms with Crippen molar-refractivity contribution >= 4 is 28.7 Å². The Bertz CT molecular complexity index is 1110. The summed E-state index contributed by atoms with van der Waals surface area (Å²) < 4.78 is 5.14. The van der Waals surface area contributed by atoms with E-state index in [-0.39, 0.29) is 11.7 Å². The van der Waals surface area contributed by atoms with Crippen LogP contribution in [0, 0.1) is 0 Å². The molecule has 2 N–H and O–H groups in total. The van der Waals surface area contributed by atoms with E-state index in [1.165, 1.54) is 11.8 Å². The fourth-order valence-corrected chi connectivity index (χ4v) is 3.78. The number of thioether (sulfide) groups is 1. The lowest BCUT2D eigenvalue weighted by Crippen LogP contribution is -2.24. The number of H-pyrrole nitrogens is 1. The molecule has 6 nitrogen and oxygen atoms in total. The van der Waals surface area contributed by atoms with Gasteiger partial charge in [0.2, 0.25) is 5.91 Å². The van der Waals surface area contributed by atoms with Crippen molar-refractivity contribution in [1.82, 2.24) is 20.3 Å². The number of methoxy groups -OCH3 is 1. The Morgan fingerprint density at radius 2 is 1.90 bits per heavy atom. The largest absolute Gasteiger partial charge is 0.497 e. The van der Waals surface area contributed by atoms with Gasteiger partial charge in [0, 0.05) is 18.3 Å². The number of carbonyl (C=O) groups is 1. The molecule has 0 fully saturated rings. The van der Waals surface area contributed by atoms with Gasteiger partial charge in [-0.3, -0.25) is 4.79 Å². The molecular formula is C22H20N4O2S. The highest BCUT2D eigenvalue weighted by atomic mass is 32.2. The van der Waals surface area contributed by atoms with E-state index in [2.05, 4.69) is 20.3 Å². The highest BCUT2D eigenvalue weighted by molar-refractivity contribution is 8.00. The van der Waals surface area contributed by atoms with Crippen molar-refractivity contribution in [3.8, 4) is 16.9 Å². The first-order valence-electron chi connectivity index (χ1n) is 9.14. The first-order chi connectivity index (χ1) is 14.2. The number of fused-ring (bicyclic) bond motifs is 1. The molecule has 0 aliphatic carbocycles. The van der Waals surface area contributed by atoms with Crippen LogP contribution in [-0.4, -0.2) is 33.7 Å². The molecule has 1 amide bonds. The first kappa shape index (κ1) is 19.0. The maximum Gasteiger partial charge on any atom is 0.230 e. The summed E-state index contributed by atoms with van der Waals surface area (Å²) in [4.78, 5) is 24.3. The molecule has 0 atom stereocenters. The van der Waals surface area contributed by atoms with E-state index in [0.29, 0.717) is 6.54 Å². The average Bonchev–Trinajstić information content (AvgIpc) is 3.22. The van der Waals surface area contributed by atoms with E-state index in [1.54, 1.807) is 13.4 Å². The third kappa shape index (κ3) is 4.41. The smallest absolute Gasteiger partial charge is 0.230 e. The molecule has 2 aromatic carbocycles. The van der Waals surface area contributed by atoms with Crippen LogP contribution in [0.15, 0.2) is 72.1 Å². The maximum atomic E-state index is 12.3. The fourth-order valence-electron chi connectivity index (χ4n) is 2.99. The van der Waals surface area contributed by atoms with Crippen molar-refractivity contribution < 1.29 is 9.53 Å². The maximum absolute atomic E-state index is 12.3. The van der Waals surface area contributed by atoms with Crippen LogP contribution in [0.1, 0.15) is 5.56 Å². The third-order valence-corrected chi connectivity index (χ3v) is 5.49. The molecular weight excluding hydrogens is 384 g/mol. The predicted octanol–water partition coefficient (Wildman–Crippen LogP) is 4.04. The van der Waals surface area contributed by atoms with E-state index in [4.69, 9.17) is 4.74 Å². The van der Waals surface area contributed by atoms with Crippen LogP contribution < -0.4 is 10.1 Å². The predicted molar refractivity (Wildman–Crippen MR) is 115 cm³/mol. The van der Waals surface area contributed by atoms with Crippen molar-refractivity contribution in [2.75, 3.05) is 12.9 Å². The van der Waals surface area contributed by atoms with E-state index in [9.17, 15) is 4.79 Å². The minimum absolute atomic E-state index is 0.0487. The Morgan fingerprint density at radius 3 is 2.66 bits per heavy atom. The van der Waals surface area contributed by atoms with Crippen molar-refractivity contribution in [3.05, 3.63) is 72.7 Å². The Balaban J connectivity index is 1.40. The molecule has 146 valence electrons. The standard InChI is InChI=1S/C22H20N4O2S/c1-28-17-9-7-15(8-10-17)11-23-19(27)13-29-22-21-20(25-14-26-22)18(12-24-21)16-5-3-2-4-6-16/h2-10,12,14,24H,11,13H2,1H3,(H,23,27). The van der Waals surface area contributed by atoms with Gasteiger partial charge < -0.3 is 15.0 Å². The normalized spacial score (nSPS) is 10.8. The molecule has 4 aromatic rings. The summed E-state index contributed by atoms with van der Waals surface area (Å²) >= 11 is 1.39. The number of carbonyl (C=O) groups excluding carboxylic acids is 1. The average molecular weight is 404 g/mol. The van der Waals surface area contributed by atoms with E-state index in [1.807, 2.05) is 60.8 Å². The van der Waals surface area contributed by atoms with Gasteiger partial charge in [-0.05, 0) is 23.3 Å². The van der Waals surface area contributed by atoms with Crippen LogP contribution in [0.5, 0.6) is 5.75 Å². The summed E-state index contributed by atoms with van der Waals surface area (Å²) in [6.45, 7) is 0.475. The van der Waals surface area contributed by atoms with E-state index < -0.39 is 0 Å². The number of benzene rings is 2. The van der Waals surface area contributed by atoms with Crippen LogP contribution in [0.25, 0.3) is 22.2 Å². The lowest BCUT2D eigenvalue weighted by molar-refractivity contribution is -0.118. The molecule has 2 aromatic heterocycles. The Kier molecular flexibility index (Phi) is 5.76. The molecule has 0 unspecified atom stereocenters. The van der Waals surface area contributed by atoms with Gasteiger partial charge in [0.15, 0.2) is 0 Å². The molecule has 0 saturated carbocycles. The molecule has 0 radical (unpaired) electrons. The van der Waals surface area contributed by atoms with Crippen molar-refractivity contribution in [2.24, 2.45) is 0 Å². The number of aromatic nitrogens is 3. The van der Waals surface area contributed by atoms with Crippen LogP contribution in [0.2, 0.25) is 0 Å². The Hall–Kier alpha value is -3.32. The number of ether oxygens (including phenoxy) is 1. The van der Waals surface area contributed by atoms with E-state index in [0.717, 1.165) is 38.5 Å². The number of amides is 1. The Morgan fingerprint density at radius 1 is 1.10 bits per heavy atom. The van der Waals surface area contributed by atoms with Gasteiger partial charge in [-0.25, -0.2) is 9.97 Å². The monoisotopic (exact) mass is 404 g/mol. The van der Waals surface area contributed by atoms with Crippen LogP contribution in [0.4, 0.5) is 0 Å². The topological polar surface area (TPSA) is 79.9 Å². The molecule has 0 saturated heterocycles. The zero-order valence-corrected chi connectivity index (χ0v) is 16.7. The molecule has 4 rings (SSSR count). The van der Waals surface area contributed by atoms with Crippen molar-refractivity contribution in [2.45, 2.75) is 11.6 Å². The number of rotatable bonds is 7. The zero-order chi connectivity index (χ0) is 20.1. The van der Waals surface area contributed by atoms with Crippen LogP contribution >= 0.6 is 11.8 Å². The van der Waals surface area contributed by atoms with Gasteiger partial charge in [-0.1, -0.05) is 54.2 Å². The summed E-state index contributed by atoms with van der Waals surface area (Å²) in [6, 6.07) is 17.7. The number of nitrogens with one attached hydrogen (secondary N) is 2. The third-order valence-electron chi connectivity index (χ3n) is 4.50. The second kappa shape index (κ2) is 8.79. The second-order valence-electron chi connectivity index (χ2n) is 6.38. The van der Waals surface area contributed by atoms with E-state index >= 15 is 0 Å². The van der Waals surface area contributed by atoms with Gasteiger partial charge in [0.05, 0.1) is 18.4 Å². The SMILES string of the molecule is COc1ccc(CNC(=O)CSc2ncnc3c(-c4ccccc4)c[nH]c23)cc1. The summed E-state index contributed by atoms with van der Waals surface area (Å²) in [5, 5.41) is 3.69. The molecule has 2 heterocycles. The zero-order valence-electron chi connectivity index (χ0n) is 15.9. The summed E-state index contributed by atoms with van der Waals surface area (Å²) in [5.41, 5.74) is 4.83. The van der Waals surface area contributed by atoms with Crippen molar-refractivity contribution in [1.29, 1.82) is 0 Å². The van der Waals surface area contributed by atoms with Gasteiger partial charge in [-0.2, -0.15) is 0 Å². The highest BCUT2D eigenvalue weighted by Crippen LogP contribution is 2.31. The lowest BCUT2D eigenvalue weighted by Gasteiger charge is -2.06. The fraction of sp³-hybridized carbons (Fsp3) is 0.136. The summed E-state index contributed by atoms with van der Waals surface area (Å²) in [5.74, 6) is 1.03. The highest BCUT2D eigenvalue weighted by Gasteiger charge is 2.13. The Labute approximate surface area is 172 Å². The number of nitrogens with zero attached hydrogens (tertiary/aromatic N) is 2. The lowest BCUT2D eigenvalue weighted by atomic mass is 10.1. The summed E-state index contributed by atoms with van der Waals surface area (Å²) in [6.07, 6.45) is 3.47. The van der Waals surface area contributed by atoms with Gasteiger partial charge >= 0.3 is 0 Å². The first-order valence-corrected chi connectivity index (χ1v) is 10.1. The molecule has 29 heavy (non-hydrogen) atoms. The number of hydrogen-bond acceptors (Lipinski definition) is 5. The quantitative estimate of drug-likeness (QED) is 0.359. The molecule has 0 aliphatic rings. The molecule has 7 heteroatoms. The molecule has 0 bridgehead atoms. The molecule has 0 spiro atoms. The van der Waals surface area contributed by atoms with Crippen LogP contribution in [0.3, 0.4) is 0 Å². The summed E-state index contributed by atoms with van der Waals surface area (Å²) in [7, 11) is 1.63. The van der Waals surface area contributed by atoms with Gasteiger partial charge in [0.25, 0.3) is 0 Å².